The lowest BCUT2D eigenvalue weighted by atomic mass is 10.3. The highest BCUT2D eigenvalue weighted by atomic mass is 15.3. The molecule has 1 heterocycles. The molecule has 0 spiro atoms. The van der Waals surface area contributed by atoms with Crippen LogP contribution in [0.2, 0.25) is 0 Å². The first kappa shape index (κ1) is 11.3. The maximum Gasteiger partial charge on any atom is 0.130 e. The fraction of sp³-hybridized carbons (Fsp3) is 0.400. The molecule has 1 fully saturated rings. The Labute approximate surface area is 108 Å². The summed E-state index contributed by atoms with van der Waals surface area (Å²) in [6, 6.07) is 12.9. The van der Waals surface area contributed by atoms with E-state index in [9.17, 15) is 0 Å². The van der Waals surface area contributed by atoms with E-state index in [1.165, 1.54) is 18.5 Å². The van der Waals surface area contributed by atoms with Crippen LogP contribution in [0.5, 0.6) is 0 Å². The van der Waals surface area contributed by atoms with Gasteiger partial charge in [0.15, 0.2) is 0 Å². The number of nitrogens with zero attached hydrogens (tertiary/aromatic N) is 2. The van der Waals surface area contributed by atoms with Gasteiger partial charge in [0.2, 0.25) is 0 Å². The molecule has 0 bridgehead atoms. The van der Waals surface area contributed by atoms with E-state index in [2.05, 4.69) is 37.4 Å². The minimum absolute atomic E-state index is 0.413. The highest BCUT2D eigenvalue weighted by Crippen LogP contribution is 2.40. The Morgan fingerprint density at radius 2 is 1.94 bits per heavy atom. The topological polar surface area (TPSA) is 29.9 Å². The second kappa shape index (κ2) is 4.48. The minimum atomic E-state index is 0.413. The van der Waals surface area contributed by atoms with Crippen LogP contribution in [-0.4, -0.2) is 15.8 Å². The third-order valence-corrected chi connectivity index (χ3v) is 3.16. The average molecular weight is 241 g/mol. The summed E-state index contributed by atoms with van der Waals surface area (Å²) in [6.07, 6.45) is 2.57. The van der Waals surface area contributed by atoms with Crippen molar-refractivity contribution in [3.63, 3.8) is 0 Å². The Morgan fingerprint density at radius 3 is 2.56 bits per heavy atom. The van der Waals surface area contributed by atoms with E-state index >= 15 is 0 Å². The Kier molecular flexibility index (Phi) is 2.82. The summed E-state index contributed by atoms with van der Waals surface area (Å²) in [5.74, 6) is 1.78. The molecule has 0 unspecified atom stereocenters. The van der Waals surface area contributed by atoms with Crippen molar-refractivity contribution >= 4 is 5.82 Å². The lowest BCUT2D eigenvalue weighted by Crippen LogP contribution is -2.13. The number of rotatable bonds is 4. The fourth-order valence-electron chi connectivity index (χ4n) is 2.14. The van der Waals surface area contributed by atoms with Crippen molar-refractivity contribution in [1.82, 2.24) is 9.78 Å². The second-order valence-corrected chi connectivity index (χ2v) is 5.28. The van der Waals surface area contributed by atoms with Crippen molar-refractivity contribution in [1.29, 1.82) is 0 Å². The molecule has 1 aromatic carbocycles. The van der Waals surface area contributed by atoms with Gasteiger partial charge < -0.3 is 5.32 Å². The summed E-state index contributed by atoms with van der Waals surface area (Å²) in [5.41, 5.74) is 2.34. The van der Waals surface area contributed by atoms with Gasteiger partial charge in [0.25, 0.3) is 0 Å². The van der Waals surface area contributed by atoms with Crippen LogP contribution in [0.3, 0.4) is 0 Å². The van der Waals surface area contributed by atoms with Crippen LogP contribution in [0, 0.1) is 0 Å². The van der Waals surface area contributed by atoms with E-state index < -0.39 is 0 Å². The van der Waals surface area contributed by atoms with Crippen LogP contribution in [-0.2, 0) is 0 Å². The molecule has 0 amide bonds. The molecule has 0 radical (unpaired) electrons. The van der Waals surface area contributed by atoms with Crippen molar-refractivity contribution in [2.45, 2.75) is 38.6 Å². The van der Waals surface area contributed by atoms with Gasteiger partial charge in [0, 0.05) is 18.0 Å². The Hall–Kier alpha value is -1.77. The summed E-state index contributed by atoms with van der Waals surface area (Å²) >= 11 is 0. The van der Waals surface area contributed by atoms with Crippen molar-refractivity contribution in [2.75, 3.05) is 5.32 Å². The van der Waals surface area contributed by atoms with E-state index in [-0.39, 0.29) is 0 Å². The molecular formula is C15H19N3. The molecule has 3 rings (SSSR count). The quantitative estimate of drug-likeness (QED) is 0.886. The van der Waals surface area contributed by atoms with Crippen LogP contribution in [0.4, 0.5) is 5.82 Å². The molecule has 0 saturated heterocycles. The molecule has 3 heteroatoms. The van der Waals surface area contributed by atoms with Gasteiger partial charge in [0.05, 0.1) is 11.4 Å². The molecule has 94 valence electrons. The number of para-hydroxylation sites is 1. The van der Waals surface area contributed by atoms with Gasteiger partial charge in [-0.2, -0.15) is 5.10 Å². The maximum atomic E-state index is 4.75. The zero-order valence-corrected chi connectivity index (χ0v) is 10.9. The highest BCUT2D eigenvalue weighted by molar-refractivity contribution is 5.47. The molecule has 1 aliphatic carbocycles. The van der Waals surface area contributed by atoms with Crippen LogP contribution in [0.1, 0.15) is 38.3 Å². The normalized spacial score (nSPS) is 15.1. The number of hydrogen-bond donors (Lipinski definition) is 1. The average Bonchev–Trinajstić information content (AvgIpc) is 3.12. The molecule has 0 aliphatic heterocycles. The van der Waals surface area contributed by atoms with E-state index in [0.29, 0.717) is 12.0 Å². The van der Waals surface area contributed by atoms with E-state index in [1.807, 2.05) is 22.9 Å². The minimum Gasteiger partial charge on any atom is -0.368 e. The molecule has 1 N–H and O–H groups in total. The molecule has 1 aromatic heterocycles. The third kappa shape index (κ3) is 2.26. The summed E-state index contributed by atoms with van der Waals surface area (Å²) in [5, 5.41) is 8.23. The summed E-state index contributed by atoms with van der Waals surface area (Å²) in [7, 11) is 0. The van der Waals surface area contributed by atoms with Gasteiger partial charge in [-0.05, 0) is 38.8 Å². The van der Waals surface area contributed by atoms with Gasteiger partial charge in [0.1, 0.15) is 5.82 Å². The molecule has 2 aromatic rings. The monoisotopic (exact) mass is 241 g/mol. The van der Waals surface area contributed by atoms with Crippen LogP contribution in [0.25, 0.3) is 5.69 Å². The van der Waals surface area contributed by atoms with Crippen LogP contribution < -0.4 is 5.32 Å². The second-order valence-electron chi connectivity index (χ2n) is 5.28. The number of nitrogens with one attached hydrogen (secondary N) is 1. The predicted octanol–water partition coefficient (Wildman–Crippen LogP) is 3.57. The predicted molar refractivity (Wildman–Crippen MR) is 74.3 cm³/mol. The lowest BCUT2D eigenvalue weighted by molar-refractivity contribution is 0.813. The molecule has 3 nitrogen and oxygen atoms in total. The van der Waals surface area contributed by atoms with Gasteiger partial charge in [-0.25, -0.2) is 4.68 Å². The number of benzene rings is 1. The standard InChI is InChI=1S/C15H19N3/c1-11(2)16-15-10-14(12-8-9-12)17-18(15)13-6-4-3-5-7-13/h3-7,10-12,16H,8-9H2,1-2H3. The third-order valence-electron chi connectivity index (χ3n) is 3.16. The van der Waals surface area contributed by atoms with Gasteiger partial charge in [-0.1, -0.05) is 18.2 Å². The summed E-state index contributed by atoms with van der Waals surface area (Å²) < 4.78 is 2.02. The molecule has 1 aliphatic rings. The van der Waals surface area contributed by atoms with Gasteiger partial charge in [-0.3, -0.25) is 0 Å². The number of hydrogen-bond acceptors (Lipinski definition) is 2. The number of anilines is 1. The van der Waals surface area contributed by atoms with Crippen molar-refractivity contribution < 1.29 is 0 Å². The maximum absolute atomic E-state index is 4.75. The highest BCUT2D eigenvalue weighted by Gasteiger charge is 2.27. The fourth-order valence-corrected chi connectivity index (χ4v) is 2.14. The van der Waals surface area contributed by atoms with Crippen molar-refractivity contribution in [2.24, 2.45) is 0 Å². The Morgan fingerprint density at radius 1 is 1.22 bits per heavy atom. The summed E-state index contributed by atoms with van der Waals surface area (Å²) in [6.45, 7) is 4.30. The SMILES string of the molecule is CC(C)Nc1cc(C2CC2)nn1-c1ccccc1. The van der Waals surface area contributed by atoms with Gasteiger partial charge in [-0.15, -0.1) is 0 Å². The van der Waals surface area contributed by atoms with Crippen LogP contribution in [0.15, 0.2) is 36.4 Å². The first-order valence-corrected chi connectivity index (χ1v) is 6.66. The molecular weight excluding hydrogens is 222 g/mol. The van der Waals surface area contributed by atoms with E-state index in [1.54, 1.807) is 0 Å². The Bertz CT molecular complexity index is 524. The zero-order valence-electron chi connectivity index (χ0n) is 10.9. The molecule has 0 atom stereocenters. The molecule has 18 heavy (non-hydrogen) atoms. The molecule has 1 saturated carbocycles. The van der Waals surface area contributed by atoms with Crippen molar-refractivity contribution in [3.8, 4) is 5.69 Å². The summed E-state index contributed by atoms with van der Waals surface area (Å²) in [4.78, 5) is 0. The van der Waals surface area contributed by atoms with Crippen LogP contribution >= 0.6 is 0 Å². The van der Waals surface area contributed by atoms with Gasteiger partial charge >= 0.3 is 0 Å². The first-order valence-electron chi connectivity index (χ1n) is 6.66. The zero-order chi connectivity index (χ0) is 12.5. The largest absolute Gasteiger partial charge is 0.368 e. The van der Waals surface area contributed by atoms with E-state index in [0.717, 1.165) is 11.5 Å². The lowest BCUT2D eigenvalue weighted by Gasteiger charge is -2.12. The smallest absolute Gasteiger partial charge is 0.130 e. The number of aromatic nitrogens is 2. The first-order chi connectivity index (χ1) is 8.74. The Balaban J connectivity index is 2.00. The van der Waals surface area contributed by atoms with Crippen molar-refractivity contribution in [3.05, 3.63) is 42.1 Å². The van der Waals surface area contributed by atoms with E-state index in [4.69, 9.17) is 5.10 Å².